The quantitative estimate of drug-likeness (QED) is 0.695. The Morgan fingerprint density at radius 1 is 1.24 bits per heavy atom. The second-order valence-electron chi connectivity index (χ2n) is 7.67. The predicted octanol–water partition coefficient (Wildman–Crippen LogP) is 4.68. The highest BCUT2D eigenvalue weighted by Gasteiger charge is 2.39. The van der Waals surface area contributed by atoms with Crippen LogP contribution in [0.3, 0.4) is 0 Å². The predicted molar refractivity (Wildman–Crippen MR) is 111 cm³/mol. The molecule has 2 heterocycles. The number of ether oxygens (including phenoxy) is 2. The number of esters is 1. The van der Waals surface area contributed by atoms with Gasteiger partial charge in [0.05, 0.1) is 21.7 Å². The number of carbonyl (C=O) groups excluding carboxylic acids is 2. The van der Waals surface area contributed by atoms with Gasteiger partial charge in [-0.3, -0.25) is 4.79 Å². The van der Waals surface area contributed by atoms with E-state index in [2.05, 4.69) is 5.32 Å². The normalized spacial score (nSPS) is 24.4. The second kappa shape index (κ2) is 8.50. The number of carbonyl (C=O) groups is 2. The zero-order valence-corrected chi connectivity index (χ0v) is 17.7. The minimum absolute atomic E-state index is 0.0479. The molecule has 0 saturated carbocycles. The monoisotopic (exact) mass is 435 g/mol. The van der Waals surface area contributed by atoms with E-state index >= 15 is 0 Å². The number of ketones is 1. The van der Waals surface area contributed by atoms with Crippen LogP contribution >= 0.6 is 23.2 Å². The molecule has 0 radical (unpaired) electrons. The lowest BCUT2D eigenvalue weighted by Gasteiger charge is -2.34. The molecule has 0 bridgehead atoms. The van der Waals surface area contributed by atoms with Crippen molar-refractivity contribution in [3.05, 3.63) is 56.3 Å². The fourth-order valence-corrected chi connectivity index (χ4v) is 4.61. The molecule has 0 aromatic heterocycles. The molecule has 4 rings (SSSR count). The van der Waals surface area contributed by atoms with Crippen molar-refractivity contribution in [3.8, 4) is 0 Å². The molecule has 0 amide bonds. The van der Waals surface area contributed by atoms with E-state index in [0.717, 1.165) is 36.9 Å². The van der Waals surface area contributed by atoms with Gasteiger partial charge in [0, 0.05) is 35.9 Å². The Balaban J connectivity index is 1.71. The zero-order chi connectivity index (χ0) is 20.5. The van der Waals surface area contributed by atoms with Crippen molar-refractivity contribution in [1.29, 1.82) is 0 Å². The minimum atomic E-state index is -0.522. The summed E-state index contributed by atoms with van der Waals surface area (Å²) >= 11 is 12.4. The Morgan fingerprint density at radius 3 is 2.79 bits per heavy atom. The molecule has 1 fully saturated rings. The number of benzene rings is 1. The average Bonchev–Trinajstić information content (AvgIpc) is 3.21. The molecule has 1 saturated heterocycles. The molecule has 29 heavy (non-hydrogen) atoms. The summed E-state index contributed by atoms with van der Waals surface area (Å²) in [5, 5.41) is 4.10. The van der Waals surface area contributed by atoms with E-state index in [0.29, 0.717) is 39.9 Å². The Morgan fingerprint density at radius 2 is 2.07 bits per heavy atom. The topological polar surface area (TPSA) is 64.6 Å². The first-order valence-corrected chi connectivity index (χ1v) is 10.7. The van der Waals surface area contributed by atoms with E-state index in [4.69, 9.17) is 32.7 Å². The van der Waals surface area contributed by atoms with E-state index in [-0.39, 0.29) is 18.5 Å². The van der Waals surface area contributed by atoms with Crippen LogP contribution in [0.2, 0.25) is 10.0 Å². The first-order chi connectivity index (χ1) is 14.0. The fraction of sp³-hybridized carbons (Fsp3) is 0.455. The van der Waals surface area contributed by atoms with Crippen molar-refractivity contribution >= 4 is 35.0 Å². The number of hydrogen-bond acceptors (Lipinski definition) is 5. The molecule has 1 N–H and O–H groups in total. The fourth-order valence-electron chi connectivity index (χ4n) is 4.30. The number of hydrogen-bond donors (Lipinski definition) is 1. The summed E-state index contributed by atoms with van der Waals surface area (Å²) in [5.74, 6) is -0.913. The van der Waals surface area contributed by atoms with Gasteiger partial charge in [0.25, 0.3) is 0 Å². The van der Waals surface area contributed by atoms with Crippen molar-refractivity contribution in [2.75, 3.05) is 13.2 Å². The van der Waals surface area contributed by atoms with Crippen LogP contribution in [0.4, 0.5) is 0 Å². The Labute approximate surface area is 180 Å². The third-order valence-corrected chi connectivity index (χ3v) is 6.44. The molecule has 3 aliphatic rings. The van der Waals surface area contributed by atoms with Crippen molar-refractivity contribution in [2.45, 2.75) is 51.0 Å². The van der Waals surface area contributed by atoms with Crippen molar-refractivity contribution in [1.82, 2.24) is 5.32 Å². The first-order valence-electron chi connectivity index (χ1n) is 9.93. The summed E-state index contributed by atoms with van der Waals surface area (Å²) in [5.41, 5.74) is 3.41. The third-order valence-electron chi connectivity index (χ3n) is 5.70. The standard InChI is InChI=1S/C22H23Cl2NO4/c1-12-19(22(27)29-11-14-4-3-9-28-14)20(13-7-8-15(23)16(24)10-13)21-17(25-12)5-2-6-18(21)26/h7-8,10,14,20,25H,2-6,9,11H2,1H3/t14-,20-/m0/s1. The van der Waals surface area contributed by atoms with Gasteiger partial charge in [0.15, 0.2) is 5.78 Å². The summed E-state index contributed by atoms with van der Waals surface area (Å²) in [7, 11) is 0. The summed E-state index contributed by atoms with van der Waals surface area (Å²) in [6.07, 6.45) is 3.83. The average molecular weight is 436 g/mol. The molecule has 0 spiro atoms. The first kappa shape index (κ1) is 20.5. The molecule has 1 aliphatic carbocycles. The maximum absolute atomic E-state index is 13.1. The van der Waals surface area contributed by atoms with Crippen molar-refractivity contribution in [3.63, 3.8) is 0 Å². The molecule has 2 atom stereocenters. The van der Waals surface area contributed by atoms with Crippen LogP contribution in [0.25, 0.3) is 0 Å². The molecule has 7 heteroatoms. The molecular weight excluding hydrogens is 413 g/mol. The van der Waals surface area contributed by atoms with Crippen LogP contribution in [0.5, 0.6) is 0 Å². The number of allylic oxidation sites excluding steroid dienone is 3. The molecular formula is C22H23Cl2NO4. The van der Waals surface area contributed by atoms with Crippen LogP contribution in [0, 0.1) is 0 Å². The van der Waals surface area contributed by atoms with Gasteiger partial charge < -0.3 is 14.8 Å². The van der Waals surface area contributed by atoms with Crippen LogP contribution in [0.1, 0.15) is 50.5 Å². The smallest absolute Gasteiger partial charge is 0.336 e. The number of rotatable bonds is 4. The van der Waals surface area contributed by atoms with E-state index in [1.165, 1.54) is 0 Å². The summed E-state index contributed by atoms with van der Waals surface area (Å²) in [6.45, 7) is 2.75. The Kier molecular flexibility index (Phi) is 6.00. The number of nitrogens with one attached hydrogen (secondary N) is 1. The molecule has 154 valence electrons. The van der Waals surface area contributed by atoms with Gasteiger partial charge in [-0.25, -0.2) is 4.79 Å². The maximum Gasteiger partial charge on any atom is 0.336 e. The lowest BCUT2D eigenvalue weighted by atomic mass is 9.75. The van der Waals surface area contributed by atoms with Crippen LogP contribution in [-0.4, -0.2) is 31.1 Å². The lowest BCUT2D eigenvalue weighted by Crippen LogP contribution is -2.35. The van der Waals surface area contributed by atoms with Gasteiger partial charge in [0.2, 0.25) is 0 Å². The second-order valence-corrected chi connectivity index (χ2v) is 8.49. The summed E-state index contributed by atoms with van der Waals surface area (Å²) < 4.78 is 11.2. The summed E-state index contributed by atoms with van der Waals surface area (Å²) in [6, 6.07) is 5.24. The zero-order valence-electron chi connectivity index (χ0n) is 16.2. The molecule has 1 aromatic carbocycles. The van der Waals surface area contributed by atoms with Gasteiger partial charge in [-0.05, 0) is 50.3 Å². The highest BCUT2D eigenvalue weighted by molar-refractivity contribution is 6.42. The van der Waals surface area contributed by atoms with Gasteiger partial charge >= 0.3 is 5.97 Å². The number of halogens is 2. The van der Waals surface area contributed by atoms with Gasteiger partial charge in [0.1, 0.15) is 6.61 Å². The Bertz CT molecular complexity index is 915. The highest BCUT2D eigenvalue weighted by Crippen LogP contribution is 2.43. The lowest BCUT2D eigenvalue weighted by molar-refractivity contribution is -0.142. The van der Waals surface area contributed by atoms with Crippen LogP contribution in [-0.2, 0) is 19.1 Å². The molecule has 0 unspecified atom stereocenters. The van der Waals surface area contributed by atoms with Gasteiger partial charge in [-0.2, -0.15) is 0 Å². The van der Waals surface area contributed by atoms with Crippen molar-refractivity contribution < 1.29 is 19.1 Å². The molecule has 1 aromatic rings. The number of Topliss-reactive ketones (excluding diaryl/α,β-unsaturated/α-hetero) is 1. The van der Waals surface area contributed by atoms with E-state index in [1.54, 1.807) is 12.1 Å². The van der Waals surface area contributed by atoms with E-state index in [1.807, 2.05) is 13.0 Å². The number of dihydropyridines is 1. The molecule has 2 aliphatic heterocycles. The van der Waals surface area contributed by atoms with Gasteiger partial charge in [-0.15, -0.1) is 0 Å². The van der Waals surface area contributed by atoms with Crippen molar-refractivity contribution in [2.24, 2.45) is 0 Å². The van der Waals surface area contributed by atoms with Crippen LogP contribution in [0.15, 0.2) is 40.7 Å². The minimum Gasteiger partial charge on any atom is -0.459 e. The van der Waals surface area contributed by atoms with Crippen LogP contribution < -0.4 is 5.32 Å². The maximum atomic E-state index is 13.1. The van der Waals surface area contributed by atoms with E-state index in [9.17, 15) is 9.59 Å². The Hall–Kier alpha value is -1.82. The third kappa shape index (κ3) is 4.09. The molecule has 5 nitrogen and oxygen atoms in total. The van der Waals surface area contributed by atoms with E-state index < -0.39 is 11.9 Å². The van der Waals surface area contributed by atoms with Gasteiger partial charge in [-0.1, -0.05) is 29.3 Å². The largest absolute Gasteiger partial charge is 0.459 e. The SMILES string of the molecule is CC1=C(C(=O)OC[C@@H]2CCCO2)[C@H](c2ccc(Cl)c(Cl)c2)C2=C(CCCC2=O)N1. The summed E-state index contributed by atoms with van der Waals surface area (Å²) in [4.78, 5) is 26.0. The highest BCUT2D eigenvalue weighted by atomic mass is 35.5.